The summed E-state index contributed by atoms with van der Waals surface area (Å²) in [6, 6.07) is 6.10. The Balaban J connectivity index is 2.35. The summed E-state index contributed by atoms with van der Waals surface area (Å²) >= 11 is 3.44. The summed E-state index contributed by atoms with van der Waals surface area (Å²) in [5.41, 5.74) is 2.25. The summed E-state index contributed by atoms with van der Waals surface area (Å²) in [7, 11) is 1.87. The van der Waals surface area contributed by atoms with Crippen LogP contribution in [0.3, 0.4) is 0 Å². The van der Waals surface area contributed by atoms with Gasteiger partial charge < -0.3 is 9.73 Å². The number of halogens is 1. The van der Waals surface area contributed by atoms with E-state index in [4.69, 9.17) is 4.42 Å². The average molecular weight is 281 g/mol. The zero-order chi connectivity index (χ0) is 11.5. The lowest BCUT2D eigenvalue weighted by molar-refractivity contribution is 0.490. The van der Waals surface area contributed by atoms with Gasteiger partial charge in [-0.3, -0.25) is 0 Å². The lowest BCUT2D eigenvalue weighted by atomic mass is 10.1. The van der Waals surface area contributed by atoms with Crippen molar-refractivity contribution < 1.29 is 4.42 Å². The maximum Gasteiger partial charge on any atom is 0.208 e. The first-order valence-corrected chi connectivity index (χ1v) is 5.86. The standard InChI is InChI=1S/C12H13BrN2O/c1-8-5-9(13)3-4-10(8)11-6-15-12(16-11)7-14-2/h3-6,14H,7H2,1-2H3. The van der Waals surface area contributed by atoms with E-state index in [0.717, 1.165) is 15.8 Å². The van der Waals surface area contributed by atoms with Gasteiger partial charge in [0.25, 0.3) is 0 Å². The van der Waals surface area contributed by atoms with Crippen molar-refractivity contribution in [3.63, 3.8) is 0 Å². The Hall–Kier alpha value is -1.13. The Morgan fingerprint density at radius 1 is 1.44 bits per heavy atom. The molecule has 3 nitrogen and oxygen atoms in total. The predicted molar refractivity (Wildman–Crippen MR) is 67.1 cm³/mol. The van der Waals surface area contributed by atoms with Gasteiger partial charge in [-0.15, -0.1) is 0 Å². The van der Waals surface area contributed by atoms with Crippen molar-refractivity contribution in [1.82, 2.24) is 10.3 Å². The van der Waals surface area contributed by atoms with Gasteiger partial charge in [0.05, 0.1) is 12.7 Å². The van der Waals surface area contributed by atoms with E-state index in [2.05, 4.69) is 39.2 Å². The molecule has 1 N–H and O–H groups in total. The minimum absolute atomic E-state index is 0.648. The second kappa shape index (κ2) is 4.80. The molecule has 0 spiro atoms. The van der Waals surface area contributed by atoms with Crippen molar-refractivity contribution in [3.8, 4) is 11.3 Å². The number of benzene rings is 1. The van der Waals surface area contributed by atoms with Crippen LogP contribution < -0.4 is 5.32 Å². The molecule has 0 aliphatic carbocycles. The van der Waals surface area contributed by atoms with Crippen molar-refractivity contribution in [2.24, 2.45) is 0 Å². The molecule has 84 valence electrons. The van der Waals surface area contributed by atoms with Crippen LogP contribution >= 0.6 is 15.9 Å². The van der Waals surface area contributed by atoms with Crippen LogP contribution in [0.15, 0.2) is 33.3 Å². The zero-order valence-corrected chi connectivity index (χ0v) is 10.8. The molecule has 0 radical (unpaired) electrons. The van der Waals surface area contributed by atoms with Crippen LogP contribution in [0.4, 0.5) is 0 Å². The minimum atomic E-state index is 0.648. The molecule has 0 aliphatic rings. The highest BCUT2D eigenvalue weighted by Gasteiger charge is 2.08. The van der Waals surface area contributed by atoms with Crippen LogP contribution in [0.2, 0.25) is 0 Å². The maximum atomic E-state index is 5.64. The zero-order valence-electron chi connectivity index (χ0n) is 9.25. The molecular weight excluding hydrogens is 268 g/mol. The predicted octanol–water partition coefficient (Wildman–Crippen LogP) is 3.13. The van der Waals surface area contributed by atoms with Gasteiger partial charge in [0, 0.05) is 10.0 Å². The van der Waals surface area contributed by atoms with E-state index in [1.807, 2.05) is 19.2 Å². The molecule has 0 saturated heterocycles. The van der Waals surface area contributed by atoms with E-state index < -0.39 is 0 Å². The molecule has 1 aromatic carbocycles. The number of nitrogens with one attached hydrogen (secondary N) is 1. The van der Waals surface area contributed by atoms with E-state index in [-0.39, 0.29) is 0 Å². The van der Waals surface area contributed by atoms with Gasteiger partial charge in [0.2, 0.25) is 5.89 Å². The van der Waals surface area contributed by atoms with E-state index >= 15 is 0 Å². The Morgan fingerprint density at radius 2 is 2.25 bits per heavy atom. The summed E-state index contributed by atoms with van der Waals surface area (Å²) in [6.45, 7) is 2.70. The number of hydrogen-bond acceptors (Lipinski definition) is 3. The summed E-state index contributed by atoms with van der Waals surface area (Å²) < 4.78 is 6.71. The lowest BCUT2D eigenvalue weighted by Crippen LogP contribution is -2.04. The van der Waals surface area contributed by atoms with Crippen LogP contribution in [0.5, 0.6) is 0 Å². The molecule has 0 fully saturated rings. The molecule has 4 heteroatoms. The molecule has 1 heterocycles. The number of nitrogens with zero attached hydrogens (tertiary/aromatic N) is 1. The van der Waals surface area contributed by atoms with Gasteiger partial charge in [-0.05, 0) is 37.7 Å². The summed E-state index contributed by atoms with van der Waals surface area (Å²) in [6.07, 6.45) is 1.77. The normalized spacial score (nSPS) is 10.7. The fourth-order valence-electron chi connectivity index (χ4n) is 1.57. The third-order valence-electron chi connectivity index (χ3n) is 2.34. The molecule has 2 rings (SSSR count). The molecule has 0 aliphatic heterocycles. The number of hydrogen-bond donors (Lipinski definition) is 1. The van der Waals surface area contributed by atoms with Gasteiger partial charge in [0.15, 0.2) is 5.76 Å². The molecule has 0 bridgehead atoms. The van der Waals surface area contributed by atoms with E-state index in [1.165, 1.54) is 5.56 Å². The topological polar surface area (TPSA) is 38.1 Å². The van der Waals surface area contributed by atoms with Crippen molar-refractivity contribution in [2.45, 2.75) is 13.5 Å². The number of aryl methyl sites for hydroxylation is 1. The second-order valence-corrected chi connectivity index (χ2v) is 4.52. The van der Waals surface area contributed by atoms with Crippen LogP contribution in [0, 0.1) is 6.92 Å². The van der Waals surface area contributed by atoms with Crippen molar-refractivity contribution >= 4 is 15.9 Å². The highest BCUT2D eigenvalue weighted by Crippen LogP contribution is 2.26. The molecule has 0 atom stereocenters. The van der Waals surface area contributed by atoms with Gasteiger partial charge in [0.1, 0.15) is 0 Å². The molecular formula is C12H13BrN2O. The number of aromatic nitrogens is 1. The van der Waals surface area contributed by atoms with Crippen LogP contribution in [0.1, 0.15) is 11.5 Å². The first-order valence-electron chi connectivity index (χ1n) is 5.06. The van der Waals surface area contributed by atoms with Crippen LogP contribution in [-0.2, 0) is 6.54 Å². The maximum absolute atomic E-state index is 5.64. The van der Waals surface area contributed by atoms with Crippen LogP contribution in [0.25, 0.3) is 11.3 Å². The van der Waals surface area contributed by atoms with Gasteiger partial charge >= 0.3 is 0 Å². The van der Waals surface area contributed by atoms with Crippen molar-refractivity contribution in [1.29, 1.82) is 0 Å². The fraction of sp³-hybridized carbons (Fsp3) is 0.250. The van der Waals surface area contributed by atoms with E-state index in [1.54, 1.807) is 6.20 Å². The van der Waals surface area contributed by atoms with Gasteiger partial charge in [-0.25, -0.2) is 4.98 Å². The largest absolute Gasteiger partial charge is 0.439 e. The molecule has 0 unspecified atom stereocenters. The Kier molecular flexibility index (Phi) is 3.41. The smallest absolute Gasteiger partial charge is 0.208 e. The highest BCUT2D eigenvalue weighted by atomic mass is 79.9. The Labute approximate surface area is 103 Å². The molecule has 0 amide bonds. The number of oxazole rings is 1. The Bertz CT molecular complexity index is 494. The lowest BCUT2D eigenvalue weighted by Gasteiger charge is -2.02. The summed E-state index contributed by atoms with van der Waals surface area (Å²) in [5, 5.41) is 3.01. The number of rotatable bonds is 3. The quantitative estimate of drug-likeness (QED) is 0.939. The van der Waals surface area contributed by atoms with Crippen molar-refractivity contribution in [2.75, 3.05) is 7.05 Å². The molecule has 16 heavy (non-hydrogen) atoms. The van der Waals surface area contributed by atoms with Crippen molar-refractivity contribution in [3.05, 3.63) is 40.3 Å². The molecule has 1 aromatic heterocycles. The van der Waals surface area contributed by atoms with Crippen LogP contribution in [-0.4, -0.2) is 12.0 Å². The first kappa shape index (κ1) is 11.4. The fourth-order valence-corrected chi connectivity index (χ4v) is 2.05. The molecule has 2 aromatic rings. The monoisotopic (exact) mass is 280 g/mol. The molecule has 0 saturated carbocycles. The third kappa shape index (κ3) is 2.33. The third-order valence-corrected chi connectivity index (χ3v) is 2.83. The average Bonchev–Trinajstić information content (AvgIpc) is 2.67. The van der Waals surface area contributed by atoms with E-state index in [0.29, 0.717) is 12.4 Å². The van der Waals surface area contributed by atoms with E-state index in [9.17, 15) is 0 Å². The summed E-state index contributed by atoms with van der Waals surface area (Å²) in [5.74, 6) is 1.52. The minimum Gasteiger partial charge on any atom is -0.439 e. The Morgan fingerprint density at radius 3 is 2.94 bits per heavy atom. The first-order chi connectivity index (χ1) is 7.70. The highest BCUT2D eigenvalue weighted by molar-refractivity contribution is 9.10. The second-order valence-electron chi connectivity index (χ2n) is 3.61. The van der Waals surface area contributed by atoms with Gasteiger partial charge in [-0.1, -0.05) is 15.9 Å². The summed E-state index contributed by atoms with van der Waals surface area (Å²) in [4.78, 5) is 4.20. The SMILES string of the molecule is CNCc1ncc(-c2ccc(Br)cc2C)o1. The van der Waals surface area contributed by atoms with Gasteiger partial charge in [-0.2, -0.15) is 0 Å².